The summed E-state index contributed by atoms with van der Waals surface area (Å²) >= 11 is 0. The molecule has 0 bridgehead atoms. The molecule has 4 nitrogen and oxygen atoms in total. The van der Waals surface area contributed by atoms with Gasteiger partial charge in [0.25, 0.3) is 0 Å². The zero-order valence-electron chi connectivity index (χ0n) is 9.34. The van der Waals surface area contributed by atoms with E-state index in [1.165, 1.54) is 41.9 Å². The Bertz CT molecular complexity index is 89.7. The molecular formula is C8H18CaO4. The van der Waals surface area contributed by atoms with Crippen LogP contribution in [0.25, 0.3) is 0 Å². The second-order valence-corrected chi connectivity index (χ2v) is 3.21. The van der Waals surface area contributed by atoms with Crippen LogP contribution in [-0.2, 0) is 9.47 Å². The summed E-state index contributed by atoms with van der Waals surface area (Å²) in [5.74, 6) is -2.42. The third kappa shape index (κ3) is 32.0. The van der Waals surface area contributed by atoms with Crippen molar-refractivity contribution in [2.45, 2.75) is 39.3 Å². The van der Waals surface area contributed by atoms with Gasteiger partial charge in [0.2, 0.25) is 0 Å². The summed E-state index contributed by atoms with van der Waals surface area (Å²) < 4.78 is 8.76. The van der Waals surface area contributed by atoms with Crippen molar-refractivity contribution in [3.05, 3.63) is 0 Å². The van der Waals surface area contributed by atoms with E-state index in [0.717, 1.165) is 0 Å². The summed E-state index contributed by atoms with van der Waals surface area (Å²) in [6.07, 6.45) is 0. The zero-order valence-corrected chi connectivity index (χ0v) is 11.5. The number of hydrogen-bond donors (Lipinski definition) is 0. The molecule has 0 saturated heterocycles. The molecule has 0 aliphatic rings. The van der Waals surface area contributed by atoms with Gasteiger partial charge >= 0.3 is 37.7 Å². The van der Waals surface area contributed by atoms with Crippen LogP contribution in [0.2, 0.25) is 0 Å². The van der Waals surface area contributed by atoms with E-state index in [1.807, 2.05) is 0 Å². The number of methoxy groups -OCH3 is 2. The first-order valence-corrected chi connectivity index (χ1v) is 3.63. The molecule has 0 spiro atoms. The van der Waals surface area contributed by atoms with E-state index in [-0.39, 0.29) is 37.7 Å². The Morgan fingerprint density at radius 2 is 0.846 bits per heavy atom. The molecule has 0 N–H and O–H groups in total. The molecule has 13 heavy (non-hydrogen) atoms. The van der Waals surface area contributed by atoms with Crippen LogP contribution in [0.3, 0.4) is 0 Å². The van der Waals surface area contributed by atoms with Crippen LogP contribution in [0, 0.1) is 0 Å². The van der Waals surface area contributed by atoms with E-state index < -0.39 is 11.6 Å². The summed E-state index contributed by atoms with van der Waals surface area (Å²) in [5, 5.41) is 20.5. The molecule has 0 atom stereocenters. The molecule has 0 aromatic rings. The number of rotatable bonds is 2. The second kappa shape index (κ2) is 8.41. The first kappa shape index (κ1) is 19.6. The minimum Gasteiger partial charge on any atom is -0.829 e. The summed E-state index contributed by atoms with van der Waals surface area (Å²) in [4.78, 5) is 0. The molecular weight excluding hydrogens is 200 g/mol. The van der Waals surface area contributed by atoms with Gasteiger partial charge in [-0.25, -0.2) is 0 Å². The van der Waals surface area contributed by atoms with Crippen molar-refractivity contribution in [2.24, 2.45) is 0 Å². The van der Waals surface area contributed by atoms with Gasteiger partial charge in [0.05, 0.1) is 0 Å². The Morgan fingerprint density at radius 3 is 0.846 bits per heavy atom. The van der Waals surface area contributed by atoms with Crippen LogP contribution in [0.1, 0.15) is 27.7 Å². The van der Waals surface area contributed by atoms with Gasteiger partial charge in [0, 0.05) is 14.2 Å². The van der Waals surface area contributed by atoms with Crippen molar-refractivity contribution in [1.82, 2.24) is 0 Å². The molecule has 0 saturated carbocycles. The van der Waals surface area contributed by atoms with E-state index in [2.05, 4.69) is 9.47 Å². The second-order valence-electron chi connectivity index (χ2n) is 3.21. The van der Waals surface area contributed by atoms with Crippen LogP contribution in [0.4, 0.5) is 0 Å². The predicted octanol–water partition coefficient (Wildman–Crippen LogP) is -0.922. The summed E-state index contributed by atoms with van der Waals surface area (Å²) in [6, 6.07) is 0. The molecule has 0 aromatic carbocycles. The topological polar surface area (TPSA) is 64.6 Å². The number of ether oxygens (including phenoxy) is 2. The van der Waals surface area contributed by atoms with Gasteiger partial charge in [-0.3, -0.25) is 0 Å². The quantitative estimate of drug-likeness (QED) is 0.444. The van der Waals surface area contributed by atoms with Gasteiger partial charge in [0.15, 0.2) is 0 Å². The van der Waals surface area contributed by atoms with Crippen LogP contribution in [0.15, 0.2) is 0 Å². The van der Waals surface area contributed by atoms with Crippen molar-refractivity contribution >= 4 is 37.7 Å². The first-order chi connectivity index (χ1) is 5.12. The molecule has 0 amide bonds. The summed E-state index contributed by atoms with van der Waals surface area (Å²) in [5.41, 5.74) is 0. The fourth-order valence-corrected chi connectivity index (χ4v) is 0. The minimum absolute atomic E-state index is 0. The average Bonchev–Trinajstić information content (AvgIpc) is 1.86. The van der Waals surface area contributed by atoms with E-state index in [9.17, 15) is 10.2 Å². The van der Waals surface area contributed by atoms with Crippen LogP contribution >= 0.6 is 0 Å². The third-order valence-corrected chi connectivity index (χ3v) is 0.983. The average molecular weight is 218 g/mol. The van der Waals surface area contributed by atoms with Gasteiger partial charge in [-0.15, -0.1) is 0 Å². The van der Waals surface area contributed by atoms with E-state index in [0.29, 0.717) is 0 Å². The maximum absolute atomic E-state index is 10.2. The predicted molar refractivity (Wildman–Crippen MR) is 47.9 cm³/mol. The van der Waals surface area contributed by atoms with Crippen LogP contribution < -0.4 is 10.2 Å². The maximum Gasteiger partial charge on any atom is 2.00 e. The first-order valence-electron chi connectivity index (χ1n) is 3.63. The van der Waals surface area contributed by atoms with Crippen molar-refractivity contribution < 1.29 is 19.7 Å². The fourth-order valence-electron chi connectivity index (χ4n) is 0. The molecule has 0 aromatic heterocycles. The molecule has 5 heteroatoms. The normalized spacial score (nSPS) is 11.1. The Hall–Kier alpha value is 1.10. The molecule has 0 aliphatic carbocycles. The van der Waals surface area contributed by atoms with E-state index >= 15 is 0 Å². The van der Waals surface area contributed by atoms with Crippen molar-refractivity contribution in [3.8, 4) is 0 Å². The number of hydrogen-bond acceptors (Lipinski definition) is 4. The van der Waals surface area contributed by atoms with Crippen LogP contribution in [-0.4, -0.2) is 63.5 Å². The maximum atomic E-state index is 10.2. The summed E-state index contributed by atoms with van der Waals surface area (Å²) in [7, 11) is 2.79. The van der Waals surface area contributed by atoms with Gasteiger partial charge < -0.3 is 19.7 Å². The Balaban J connectivity index is -0.000000143. The SMILES string of the molecule is COC(C)(C)[O-].COC(C)(C)[O-].[Ca+2]. The Labute approximate surface area is 110 Å². The molecule has 0 fully saturated rings. The summed E-state index contributed by atoms with van der Waals surface area (Å²) in [6.45, 7) is 5.86. The van der Waals surface area contributed by atoms with E-state index in [4.69, 9.17) is 0 Å². The largest absolute Gasteiger partial charge is 2.00 e. The Kier molecular flexibility index (Phi) is 12.7. The smallest absolute Gasteiger partial charge is 0.829 e. The zero-order chi connectivity index (χ0) is 10.4. The standard InChI is InChI=1S/2C4H9O2.Ca/c2*1-4(2,5)6-3;/h2*1-3H3;/q2*-1;+2. The monoisotopic (exact) mass is 218 g/mol. The van der Waals surface area contributed by atoms with Crippen molar-refractivity contribution in [1.29, 1.82) is 0 Å². The van der Waals surface area contributed by atoms with E-state index in [1.54, 1.807) is 0 Å². The fraction of sp³-hybridized carbons (Fsp3) is 1.00. The van der Waals surface area contributed by atoms with Crippen LogP contribution in [0.5, 0.6) is 0 Å². The van der Waals surface area contributed by atoms with Gasteiger partial charge in [-0.05, 0) is 11.6 Å². The molecule has 0 radical (unpaired) electrons. The van der Waals surface area contributed by atoms with Crippen molar-refractivity contribution in [2.75, 3.05) is 14.2 Å². The minimum atomic E-state index is -1.21. The Morgan fingerprint density at radius 1 is 0.769 bits per heavy atom. The molecule has 0 heterocycles. The molecule has 0 rings (SSSR count). The molecule has 76 valence electrons. The molecule has 0 aliphatic heterocycles. The van der Waals surface area contributed by atoms with Gasteiger partial charge in [0.1, 0.15) is 0 Å². The molecule has 0 unspecified atom stereocenters. The van der Waals surface area contributed by atoms with Crippen molar-refractivity contribution in [3.63, 3.8) is 0 Å². The van der Waals surface area contributed by atoms with Gasteiger partial charge in [-0.1, -0.05) is 27.7 Å². The van der Waals surface area contributed by atoms with Gasteiger partial charge in [-0.2, -0.15) is 0 Å². The third-order valence-electron chi connectivity index (χ3n) is 0.983.